The van der Waals surface area contributed by atoms with E-state index in [9.17, 15) is 4.39 Å². The Hall–Kier alpha value is -1.29. The zero-order valence-corrected chi connectivity index (χ0v) is 9.92. The fourth-order valence-electron chi connectivity index (χ4n) is 1.37. The van der Waals surface area contributed by atoms with Crippen LogP contribution in [0.2, 0.25) is 0 Å². The van der Waals surface area contributed by atoms with Gasteiger partial charge in [-0.15, -0.1) is 0 Å². The maximum atomic E-state index is 13.1. The fraction of sp³-hybridized carbons (Fsp3) is 0.500. The standard InChI is InChI=1S/C12H18FNO2/c1-4-16-8-9(2)14-10-5-6-11(13)12(7-10)15-3/h5-7,9,14H,4,8H2,1-3H3. The van der Waals surface area contributed by atoms with Crippen molar-refractivity contribution < 1.29 is 13.9 Å². The number of methoxy groups -OCH3 is 1. The number of benzene rings is 1. The first-order valence-corrected chi connectivity index (χ1v) is 5.35. The van der Waals surface area contributed by atoms with Gasteiger partial charge in [-0.25, -0.2) is 4.39 Å². The molecule has 0 bridgehead atoms. The minimum atomic E-state index is -0.356. The minimum Gasteiger partial charge on any atom is -0.494 e. The molecule has 0 aliphatic carbocycles. The summed E-state index contributed by atoms with van der Waals surface area (Å²) in [5.74, 6) is -0.112. The predicted molar refractivity (Wildman–Crippen MR) is 62.5 cm³/mol. The lowest BCUT2D eigenvalue weighted by molar-refractivity contribution is 0.141. The van der Waals surface area contributed by atoms with Gasteiger partial charge in [0.2, 0.25) is 0 Å². The molecule has 1 N–H and O–H groups in total. The van der Waals surface area contributed by atoms with Gasteiger partial charge in [-0.3, -0.25) is 0 Å². The molecule has 0 radical (unpaired) electrons. The second-order valence-corrected chi connectivity index (χ2v) is 3.55. The molecule has 1 aromatic carbocycles. The zero-order valence-electron chi connectivity index (χ0n) is 9.92. The number of hydrogen-bond acceptors (Lipinski definition) is 3. The first kappa shape index (κ1) is 12.8. The van der Waals surface area contributed by atoms with Gasteiger partial charge in [0.1, 0.15) is 0 Å². The Balaban J connectivity index is 2.59. The molecular formula is C12H18FNO2. The summed E-state index contributed by atoms with van der Waals surface area (Å²) in [6.45, 7) is 5.27. The van der Waals surface area contributed by atoms with Gasteiger partial charge in [0, 0.05) is 24.4 Å². The average molecular weight is 227 g/mol. The van der Waals surface area contributed by atoms with E-state index in [4.69, 9.17) is 9.47 Å². The largest absolute Gasteiger partial charge is 0.494 e. The molecule has 0 aromatic heterocycles. The van der Waals surface area contributed by atoms with Gasteiger partial charge in [-0.05, 0) is 26.0 Å². The summed E-state index contributed by atoms with van der Waals surface area (Å²) in [4.78, 5) is 0. The second-order valence-electron chi connectivity index (χ2n) is 3.55. The number of nitrogens with one attached hydrogen (secondary N) is 1. The lowest BCUT2D eigenvalue weighted by atomic mass is 10.2. The topological polar surface area (TPSA) is 30.5 Å². The van der Waals surface area contributed by atoms with Gasteiger partial charge in [0.25, 0.3) is 0 Å². The van der Waals surface area contributed by atoms with Crippen LogP contribution in [0, 0.1) is 5.82 Å². The van der Waals surface area contributed by atoms with Gasteiger partial charge in [-0.1, -0.05) is 0 Å². The molecule has 0 saturated heterocycles. The van der Waals surface area contributed by atoms with Crippen LogP contribution in [0.1, 0.15) is 13.8 Å². The Morgan fingerprint density at radius 3 is 2.81 bits per heavy atom. The van der Waals surface area contributed by atoms with Crippen LogP contribution in [0.15, 0.2) is 18.2 Å². The minimum absolute atomic E-state index is 0.176. The maximum Gasteiger partial charge on any atom is 0.165 e. The number of hydrogen-bond donors (Lipinski definition) is 1. The summed E-state index contributed by atoms with van der Waals surface area (Å²) in [5, 5.41) is 3.21. The average Bonchev–Trinajstić information content (AvgIpc) is 2.29. The van der Waals surface area contributed by atoms with Crippen LogP contribution in [-0.2, 0) is 4.74 Å². The van der Waals surface area contributed by atoms with Crippen LogP contribution in [0.25, 0.3) is 0 Å². The van der Waals surface area contributed by atoms with E-state index in [1.807, 2.05) is 13.8 Å². The first-order valence-electron chi connectivity index (χ1n) is 5.35. The molecule has 0 amide bonds. The fourth-order valence-corrected chi connectivity index (χ4v) is 1.37. The lowest BCUT2D eigenvalue weighted by Gasteiger charge is -2.15. The summed E-state index contributed by atoms with van der Waals surface area (Å²) in [6.07, 6.45) is 0. The van der Waals surface area contributed by atoms with Crippen LogP contribution in [0.3, 0.4) is 0 Å². The third-order valence-corrected chi connectivity index (χ3v) is 2.14. The highest BCUT2D eigenvalue weighted by Gasteiger charge is 2.06. The van der Waals surface area contributed by atoms with E-state index >= 15 is 0 Å². The van der Waals surface area contributed by atoms with Crippen LogP contribution in [0.5, 0.6) is 5.75 Å². The van der Waals surface area contributed by atoms with Crippen molar-refractivity contribution in [3.63, 3.8) is 0 Å². The van der Waals surface area contributed by atoms with E-state index in [1.54, 1.807) is 12.1 Å². The number of ether oxygens (including phenoxy) is 2. The van der Waals surface area contributed by atoms with Gasteiger partial charge in [0.05, 0.1) is 13.7 Å². The number of anilines is 1. The molecule has 0 saturated carbocycles. The van der Waals surface area contributed by atoms with E-state index < -0.39 is 0 Å². The molecule has 90 valence electrons. The molecule has 0 heterocycles. The van der Waals surface area contributed by atoms with Crippen molar-refractivity contribution >= 4 is 5.69 Å². The Labute approximate surface area is 95.6 Å². The van der Waals surface area contributed by atoms with Crippen LogP contribution in [0.4, 0.5) is 10.1 Å². The molecule has 1 unspecified atom stereocenters. The van der Waals surface area contributed by atoms with Gasteiger partial charge in [0.15, 0.2) is 11.6 Å². The summed E-state index contributed by atoms with van der Waals surface area (Å²) in [7, 11) is 1.45. The normalized spacial score (nSPS) is 12.2. The molecule has 3 nitrogen and oxygen atoms in total. The summed E-state index contributed by atoms with van der Waals surface area (Å²) in [6, 6.07) is 4.88. The monoisotopic (exact) mass is 227 g/mol. The zero-order chi connectivity index (χ0) is 12.0. The summed E-state index contributed by atoms with van der Waals surface area (Å²) < 4.78 is 23.3. The second kappa shape index (κ2) is 6.33. The van der Waals surface area contributed by atoms with Crippen molar-refractivity contribution in [3.8, 4) is 5.75 Å². The van der Waals surface area contributed by atoms with E-state index in [0.717, 1.165) is 5.69 Å². The van der Waals surface area contributed by atoms with Gasteiger partial charge in [-0.2, -0.15) is 0 Å². The molecule has 0 aliphatic rings. The van der Waals surface area contributed by atoms with Crippen LogP contribution < -0.4 is 10.1 Å². The molecule has 1 atom stereocenters. The third-order valence-electron chi connectivity index (χ3n) is 2.14. The Kier molecular flexibility index (Phi) is 5.05. The van der Waals surface area contributed by atoms with Crippen LogP contribution >= 0.6 is 0 Å². The summed E-state index contributed by atoms with van der Waals surface area (Å²) >= 11 is 0. The van der Waals surface area contributed by atoms with E-state index in [2.05, 4.69) is 5.32 Å². The van der Waals surface area contributed by atoms with Crippen molar-refractivity contribution in [2.75, 3.05) is 25.6 Å². The Morgan fingerprint density at radius 1 is 1.44 bits per heavy atom. The predicted octanol–water partition coefficient (Wildman–Crippen LogP) is 2.67. The smallest absolute Gasteiger partial charge is 0.165 e. The molecule has 4 heteroatoms. The molecule has 1 rings (SSSR count). The SMILES string of the molecule is CCOCC(C)Nc1ccc(F)c(OC)c1. The molecule has 16 heavy (non-hydrogen) atoms. The van der Waals surface area contributed by atoms with Crippen molar-refractivity contribution in [1.29, 1.82) is 0 Å². The number of rotatable bonds is 6. The quantitative estimate of drug-likeness (QED) is 0.810. The molecule has 0 spiro atoms. The molecule has 0 aliphatic heterocycles. The third kappa shape index (κ3) is 3.70. The van der Waals surface area contributed by atoms with Crippen LogP contribution in [-0.4, -0.2) is 26.4 Å². The highest BCUT2D eigenvalue weighted by atomic mass is 19.1. The Morgan fingerprint density at radius 2 is 2.19 bits per heavy atom. The highest BCUT2D eigenvalue weighted by molar-refractivity contribution is 5.49. The summed E-state index contributed by atoms with van der Waals surface area (Å²) in [5.41, 5.74) is 0.824. The highest BCUT2D eigenvalue weighted by Crippen LogP contribution is 2.21. The van der Waals surface area contributed by atoms with Crippen molar-refractivity contribution in [2.45, 2.75) is 19.9 Å². The lowest BCUT2D eigenvalue weighted by Crippen LogP contribution is -2.21. The maximum absolute atomic E-state index is 13.1. The van der Waals surface area contributed by atoms with Gasteiger partial charge < -0.3 is 14.8 Å². The van der Waals surface area contributed by atoms with Crippen molar-refractivity contribution in [1.82, 2.24) is 0 Å². The molecular weight excluding hydrogens is 209 g/mol. The van der Waals surface area contributed by atoms with Gasteiger partial charge >= 0.3 is 0 Å². The Bertz CT molecular complexity index is 331. The van der Waals surface area contributed by atoms with E-state index in [1.165, 1.54) is 13.2 Å². The first-order chi connectivity index (χ1) is 7.67. The van der Waals surface area contributed by atoms with E-state index in [0.29, 0.717) is 13.2 Å². The van der Waals surface area contributed by atoms with Crippen molar-refractivity contribution in [2.24, 2.45) is 0 Å². The molecule has 1 aromatic rings. The van der Waals surface area contributed by atoms with E-state index in [-0.39, 0.29) is 17.6 Å². The number of halogens is 1. The molecule has 0 fully saturated rings. The van der Waals surface area contributed by atoms with Crippen molar-refractivity contribution in [3.05, 3.63) is 24.0 Å².